The number of aromatic nitrogens is 2. The van der Waals surface area contributed by atoms with Crippen LogP contribution in [0.5, 0.6) is 11.5 Å². The number of rotatable bonds is 7. The lowest BCUT2D eigenvalue weighted by atomic mass is 10.1. The minimum Gasteiger partial charge on any atom is -0.497 e. The molecule has 0 aliphatic carbocycles. The molecule has 0 saturated carbocycles. The van der Waals surface area contributed by atoms with Crippen LogP contribution >= 0.6 is 0 Å². The summed E-state index contributed by atoms with van der Waals surface area (Å²) in [6, 6.07) is 13.0. The van der Waals surface area contributed by atoms with Gasteiger partial charge in [0.1, 0.15) is 11.5 Å². The van der Waals surface area contributed by atoms with Crippen LogP contribution in [0.3, 0.4) is 0 Å². The smallest absolute Gasteiger partial charge is 0.331 e. The fourth-order valence-electron chi connectivity index (χ4n) is 2.53. The normalized spacial score (nSPS) is 10.8. The number of nitrogens with zero attached hydrogens (tertiary/aromatic N) is 2. The number of aryl methyl sites for hydroxylation is 1. The van der Waals surface area contributed by atoms with Crippen molar-refractivity contribution in [2.75, 3.05) is 14.2 Å². The molecule has 2 aromatic carbocycles. The van der Waals surface area contributed by atoms with Gasteiger partial charge in [-0.25, -0.2) is 4.79 Å². The van der Waals surface area contributed by atoms with Crippen molar-refractivity contribution >= 4 is 12.0 Å². The number of methoxy groups -OCH3 is 2. The van der Waals surface area contributed by atoms with Gasteiger partial charge in [0.2, 0.25) is 5.82 Å². The second-order valence-electron chi connectivity index (χ2n) is 5.93. The Morgan fingerprint density at radius 2 is 2.00 bits per heavy atom. The number of hydrogen-bond donors (Lipinski definition) is 0. The molecule has 0 amide bonds. The van der Waals surface area contributed by atoms with E-state index in [-0.39, 0.29) is 12.5 Å². The van der Waals surface area contributed by atoms with Crippen molar-refractivity contribution < 1.29 is 23.5 Å². The van der Waals surface area contributed by atoms with Crippen molar-refractivity contribution in [1.82, 2.24) is 10.1 Å². The maximum absolute atomic E-state index is 11.9. The summed E-state index contributed by atoms with van der Waals surface area (Å²) in [6.07, 6.45) is 3.05. The molecule has 7 heteroatoms. The van der Waals surface area contributed by atoms with Crippen LogP contribution in [-0.2, 0) is 16.1 Å². The molecule has 7 nitrogen and oxygen atoms in total. The van der Waals surface area contributed by atoms with Gasteiger partial charge in [0.25, 0.3) is 5.89 Å². The molecular formula is C21H20N2O5. The largest absolute Gasteiger partial charge is 0.497 e. The SMILES string of the molecule is COc1ccc(-c2noc(COC(=O)/C=C/c3cccc(C)c3)n2)c(OC)c1. The van der Waals surface area contributed by atoms with Crippen LogP contribution in [0.15, 0.2) is 53.1 Å². The number of ether oxygens (including phenoxy) is 3. The quantitative estimate of drug-likeness (QED) is 0.455. The van der Waals surface area contributed by atoms with Crippen molar-refractivity contribution in [3.05, 3.63) is 65.6 Å². The zero-order valence-corrected chi connectivity index (χ0v) is 15.8. The van der Waals surface area contributed by atoms with E-state index in [2.05, 4.69) is 10.1 Å². The van der Waals surface area contributed by atoms with Crippen molar-refractivity contribution in [3.8, 4) is 22.9 Å². The summed E-state index contributed by atoms with van der Waals surface area (Å²) in [5, 5.41) is 3.92. The fourth-order valence-corrected chi connectivity index (χ4v) is 2.53. The Labute approximate surface area is 162 Å². The average Bonchev–Trinajstić information content (AvgIpc) is 3.19. The molecular weight excluding hydrogens is 360 g/mol. The van der Waals surface area contributed by atoms with E-state index in [4.69, 9.17) is 18.7 Å². The summed E-state index contributed by atoms with van der Waals surface area (Å²) in [5.41, 5.74) is 2.68. The predicted octanol–water partition coefficient (Wildman–Crippen LogP) is 3.82. The van der Waals surface area contributed by atoms with Gasteiger partial charge in [-0.15, -0.1) is 0 Å². The van der Waals surface area contributed by atoms with Crippen molar-refractivity contribution in [1.29, 1.82) is 0 Å². The Kier molecular flexibility index (Phi) is 6.06. The number of carbonyl (C=O) groups excluding carboxylic acids is 1. The summed E-state index contributed by atoms with van der Waals surface area (Å²) in [6.45, 7) is 1.86. The monoisotopic (exact) mass is 380 g/mol. The van der Waals surface area contributed by atoms with Crippen LogP contribution in [0.1, 0.15) is 17.0 Å². The third-order valence-corrected chi connectivity index (χ3v) is 3.91. The lowest BCUT2D eigenvalue weighted by molar-refractivity contribution is -0.139. The number of carbonyl (C=O) groups is 1. The standard InChI is InChI=1S/C21H20N2O5/c1-14-5-4-6-15(11-14)7-10-20(24)27-13-19-22-21(23-28-19)17-9-8-16(25-2)12-18(17)26-3/h4-12H,13H2,1-3H3/b10-7+. The summed E-state index contributed by atoms with van der Waals surface area (Å²) in [5.74, 6) is 1.22. The van der Waals surface area contributed by atoms with E-state index in [1.165, 1.54) is 6.08 Å². The topological polar surface area (TPSA) is 83.7 Å². The van der Waals surface area contributed by atoms with Crippen LogP contribution in [0, 0.1) is 6.92 Å². The van der Waals surface area contributed by atoms with Crippen molar-refractivity contribution in [2.24, 2.45) is 0 Å². The number of benzene rings is 2. The van der Waals surface area contributed by atoms with Gasteiger partial charge in [-0.05, 0) is 30.7 Å². The molecule has 3 rings (SSSR count). The Morgan fingerprint density at radius 1 is 1.14 bits per heavy atom. The van der Waals surface area contributed by atoms with Gasteiger partial charge in [-0.2, -0.15) is 4.98 Å². The minimum absolute atomic E-state index is 0.123. The van der Waals surface area contributed by atoms with Gasteiger partial charge in [0.05, 0.1) is 19.8 Å². The molecule has 0 bridgehead atoms. The predicted molar refractivity (Wildman–Crippen MR) is 103 cm³/mol. The first-order valence-corrected chi connectivity index (χ1v) is 8.55. The van der Waals surface area contributed by atoms with E-state index in [1.807, 2.05) is 31.2 Å². The molecule has 0 fully saturated rings. The molecule has 1 aromatic heterocycles. The van der Waals surface area contributed by atoms with Crippen LogP contribution < -0.4 is 9.47 Å². The van der Waals surface area contributed by atoms with E-state index in [0.29, 0.717) is 22.9 Å². The van der Waals surface area contributed by atoms with E-state index in [0.717, 1.165) is 11.1 Å². The molecule has 0 spiro atoms. The first-order chi connectivity index (χ1) is 13.6. The Balaban J connectivity index is 1.63. The van der Waals surface area contributed by atoms with Crippen LogP contribution in [0.4, 0.5) is 0 Å². The molecule has 28 heavy (non-hydrogen) atoms. The van der Waals surface area contributed by atoms with Crippen molar-refractivity contribution in [2.45, 2.75) is 13.5 Å². The highest BCUT2D eigenvalue weighted by Gasteiger charge is 2.15. The molecule has 0 radical (unpaired) electrons. The highest BCUT2D eigenvalue weighted by atomic mass is 16.6. The van der Waals surface area contributed by atoms with Gasteiger partial charge >= 0.3 is 5.97 Å². The molecule has 0 saturated heterocycles. The molecule has 144 valence electrons. The van der Waals surface area contributed by atoms with Crippen LogP contribution in [0.2, 0.25) is 0 Å². The minimum atomic E-state index is -0.497. The highest BCUT2D eigenvalue weighted by Crippen LogP contribution is 2.31. The first-order valence-electron chi connectivity index (χ1n) is 8.55. The zero-order chi connectivity index (χ0) is 19.9. The second kappa shape index (κ2) is 8.85. The van der Waals surface area contributed by atoms with Gasteiger partial charge in [-0.1, -0.05) is 35.0 Å². The lowest BCUT2D eigenvalue weighted by Crippen LogP contribution is -2.01. The molecule has 3 aromatic rings. The first kappa shape index (κ1) is 19.2. The van der Waals surface area contributed by atoms with E-state index in [9.17, 15) is 4.79 Å². The number of esters is 1. The van der Waals surface area contributed by atoms with E-state index in [1.54, 1.807) is 38.5 Å². The van der Waals surface area contributed by atoms with Crippen LogP contribution in [-0.4, -0.2) is 30.3 Å². The Bertz CT molecular complexity index is 994. The van der Waals surface area contributed by atoms with E-state index >= 15 is 0 Å². The molecule has 0 atom stereocenters. The van der Waals surface area contributed by atoms with Gasteiger partial charge < -0.3 is 18.7 Å². The molecule has 0 aliphatic heterocycles. The van der Waals surface area contributed by atoms with E-state index < -0.39 is 5.97 Å². The summed E-state index contributed by atoms with van der Waals surface area (Å²) in [4.78, 5) is 16.1. The van der Waals surface area contributed by atoms with Crippen molar-refractivity contribution in [3.63, 3.8) is 0 Å². The van der Waals surface area contributed by atoms with Gasteiger partial charge in [0, 0.05) is 12.1 Å². The number of hydrogen-bond acceptors (Lipinski definition) is 7. The Hall–Kier alpha value is -3.61. The van der Waals surface area contributed by atoms with Crippen LogP contribution in [0.25, 0.3) is 17.5 Å². The third kappa shape index (κ3) is 4.76. The molecule has 0 unspecified atom stereocenters. The molecule has 0 aliphatic rings. The van der Waals surface area contributed by atoms with Gasteiger partial charge in [-0.3, -0.25) is 0 Å². The lowest BCUT2D eigenvalue weighted by Gasteiger charge is -2.07. The summed E-state index contributed by atoms with van der Waals surface area (Å²) in [7, 11) is 3.12. The third-order valence-electron chi connectivity index (χ3n) is 3.91. The molecule has 0 N–H and O–H groups in total. The highest BCUT2D eigenvalue weighted by molar-refractivity contribution is 5.87. The maximum atomic E-state index is 11.9. The Morgan fingerprint density at radius 3 is 2.75 bits per heavy atom. The zero-order valence-electron chi connectivity index (χ0n) is 15.8. The fraction of sp³-hybridized carbons (Fsp3) is 0.190. The maximum Gasteiger partial charge on any atom is 0.331 e. The second-order valence-corrected chi connectivity index (χ2v) is 5.93. The summed E-state index contributed by atoms with van der Waals surface area (Å²) < 4.78 is 20.8. The van der Waals surface area contributed by atoms with Gasteiger partial charge in [0.15, 0.2) is 6.61 Å². The molecule has 1 heterocycles. The summed E-state index contributed by atoms with van der Waals surface area (Å²) >= 11 is 0. The average molecular weight is 380 g/mol.